The summed E-state index contributed by atoms with van der Waals surface area (Å²) in [6.07, 6.45) is 21.7. The minimum atomic E-state index is 0.514. The molecule has 0 N–H and O–H groups in total. The molecule has 0 aliphatic heterocycles. The Morgan fingerprint density at radius 3 is 2.56 bits per heavy atom. The molecule has 4 aliphatic rings. The molecular formula is C33H59NS2. The molecule has 4 rings (SSSR count). The molecule has 4 aliphatic carbocycles. The van der Waals surface area contributed by atoms with E-state index in [0.717, 1.165) is 40.8 Å². The highest BCUT2D eigenvalue weighted by Gasteiger charge is 2.58. The van der Waals surface area contributed by atoms with Crippen LogP contribution in [0.15, 0.2) is 11.6 Å². The van der Waals surface area contributed by atoms with Crippen molar-refractivity contribution in [3.63, 3.8) is 0 Å². The monoisotopic (exact) mass is 533 g/mol. The van der Waals surface area contributed by atoms with E-state index >= 15 is 0 Å². The highest BCUT2D eigenvalue weighted by molar-refractivity contribution is 8.76. The van der Waals surface area contributed by atoms with E-state index in [1.165, 1.54) is 95.8 Å². The fourth-order valence-electron chi connectivity index (χ4n) is 9.51. The number of rotatable bonds is 12. The van der Waals surface area contributed by atoms with Gasteiger partial charge in [-0.15, -0.1) is 0 Å². The summed E-state index contributed by atoms with van der Waals surface area (Å²) in [5.41, 5.74) is 3.03. The maximum atomic E-state index is 2.79. The number of allylic oxidation sites excluding steroid dienone is 2. The fraction of sp³-hybridized carbons (Fsp3) is 0.939. The van der Waals surface area contributed by atoms with Gasteiger partial charge < -0.3 is 4.90 Å². The zero-order chi connectivity index (χ0) is 25.9. The van der Waals surface area contributed by atoms with Crippen LogP contribution in [0.1, 0.15) is 118 Å². The maximum Gasteiger partial charge on any atom is 0.0189 e. The van der Waals surface area contributed by atoms with Gasteiger partial charge in [-0.05, 0) is 131 Å². The molecule has 3 fully saturated rings. The summed E-state index contributed by atoms with van der Waals surface area (Å²) < 4.78 is 0. The SMILES string of the molecule is CC[C@H](CCC[C@H]1CCC2[C@@H]3CC=C4CC(SSCCCN(C)C)CC[C@]4(C)[C@H]3CC[C@@]21C)C(C)C. The molecule has 8 atom stereocenters. The van der Waals surface area contributed by atoms with E-state index < -0.39 is 0 Å². The average Bonchev–Trinajstić information content (AvgIpc) is 3.17. The van der Waals surface area contributed by atoms with E-state index in [9.17, 15) is 0 Å². The lowest BCUT2D eigenvalue weighted by Crippen LogP contribution is -2.50. The first-order valence-electron chi connectivity index (χ1n) is 15.8. The number of fused-ring (bicyclic) bond motifs is 5. The van der Waals surface area contributed by atoms with Crippen LogP contribution < -0.4 is 0 Å². The summed E-state index contributed by atoms with van der Waals surface area (Å²) in [6.45, 7) is 13.9. The van der Waals surface area contributed by atoms with Crippen molar-refractivity contribution in [2.24, 2.45) is 46.3 Å². The average molecular weight is 534 g/mol. The normalized spacial score (nSPS) is 39.0. The largest absolute Gasteiger partial charge is 0.309 e. The molecule has 0 aromatic heterocycles. The van der Waals surface area contributed by atoms with Gasteiger partial charge in [0.05, 0.1) is 0 Å². The third-order valence-corrected chi connectivity index (χ3v) is 14.9. The molecule has 0 aromatic carbocycles. The lowest BCUT2D eigenvalue weighted by atomic mass is 9.47. The number of hydrogen-bond acceptors (Lipinski definition) is 3. The first-order valence-corrected chi connectivity index (χ1v) is 18.2. The summed E-state index contributed by atoms with van der Waals surface area (Å²) in [7, 11) is 8.75. The van der Waals surface area contributed by atoms with Gasteiger partial charge in [0.25, 0.3) is 0 Å². The summed E-state index contributed by atoms with van der Waals surface area (Å²) in [4.78, 5) is 2.32. The van der Waals surface area contributed by atoms with E-state index in [-0.39, 0.29) is 0 Å². The second-order valence-electron chi connectivity index (χ2n) is 14.4. The minimum absolute atomic E-state index is 0.514. The van der Waals surface area contributed by atoms with E-state index in [4.69, 9.17) is 0 Å². The van der Waals surface area contributed by atoms with Gasteiger partial charge >= 0.3 is 0 Å². The summed E-state index contributed by atoms with van der Waals surface area (Å²) in [5, 5.41) is 0.854. The van der Waals surface area contributed by atoms with Gasteiger partial charge in [-0.3, -0.25) is 0 Å². The molecule has 3 saturated carbocycles. The van der Waals surface area contributed by atoms with Crippen molar-refractivity contribution >= 4 is 21.6 Å². The van der Waals surface area contributed by atoms with Crippen LogP contribution in [0.3, 0.4) is 0 Å². The van der Waals surface area contributed by atoms with Crippen molar-refractivity contribution in [2.75, 3.05) is 26.4 Å². The summed E-state index contributed by atoms with van der Waals surface area (Å²) >= 11 is 0. The second kappa shape index (κ2) is 12.7. The van der Waals surface area contributed by atoms with Crippen molar-refractivity contribution in [3.05, 3.63) is 11.6 Å². The van der Waals surface area contributed by atoms with Gasteiger partial charge in [-0.1, -0.05) is 87.1 Å². The molecule has 2 unspecified atom stereocenters. The van der Waals surface area contributed by atoms with Crippen molar-refractivity contribution in [3.8, 4) is 0 Å². The Bertz CT molecular complexity index is 731. The molecule has 0 aromatic rings. The lowest BCUT2D eigenvalue weighted by Gasteiger charge is -2.58. The third kappa shape index (κ3) is 6.24. The molecule has 0 saturated heterocycles. The van der Waals surface area contributed by atoms with Gasteiger partial charge in [0, 0.05) is 11.0 Å². The predicted octanol–water partition coefficient (Wildman–Crippen LogP) is 10.1. The fourth-order valence-corrected chi connectivity index (χ4v) is 12.2. The maximum absolute atomic E-state index is 2.79. The van der Waals surface area contributed by atoms with Gasteiger partial charge in [-0.2, -0.15) is 0 Å². The molecule has 0 radical (unpaired) electrons. The topological polar surface area (TPSA) is 3.24 Å². The Kier molecular flexibility index (Phi) is 10.4. The third-order valence-electron chi connectivity index (χ3n) is 11.9. The van der Waals surface area contributed by atoms with Crippen molar-refractivity contribution < 1.29 is 0 Å². The molecular weight excluding hydrogens is 475 g/mol. The number of hydrogen-bond donors (Lipinski definition) is 0. The highest BCUT2D eigenvalue weighted by atomic mass is 33.1. The lowest BCUT2D eigenvalue weighted by molar-refractivity contribution is -0.0423. The van der Waals surface area contributed by atoms with Gasteiger partial charge in [0.15, 0.2) is 0 Å². The van der Waals surface area contributed by atoms with Crippen LogP contribution >= 0.6 is 21.6 Å². The smallest absolute Gasteiger partial charge is 0.0189 e. The van der Waals surface area contributed by atoms with Crippen LogP contribution in [0.25, 0.3) is 0 Å². The molecule has 3 heteroatoms. The van der Waals surface area contributed by atoms with E-state index in [2.05, 4.69) is 81.3 Å². The second-order valence-corrected chi connectivity index (χ2v) is 17.1. The van der Waals surface area contributed by atoms with Crippen LogP contribution in [0.4, 0.5) is 0 Å². The van der Waals surface area contributed by atoms with E-state index in [1.54, 1.807) is 0 Å². The summed E-state index contributed by atoms with van der Waals surface area (Å²) in [5.74, 6) is 7.06. The van der Waals surface area contributed by atoms with Crippen molar-refractivity contribution in [1.29, 1.82) is 0 Å². The Balaban J connectivity index is 1.32. The molecule has 0 heterocycles. The molecule has 0 amide bonds. The van der Waals surface area contributed by atoms with E-state index in [1.807, 2.05) is 5.57 Å². The van der Waals surface area contributed by atoms with Crippen molar-refractivity contribution in [2.45, 2.75) is 123 Å². The zero-order valence-electron chi connectivity index (χ0n) is 25.0. The molecule has 0 spiro atoms. The Hall–Kier alpha value is 0.400. The standard InChI is InChI=1S/C33H59NS2/c1-8-25(24(2)3)11-9-12-26-14-16-30-29-15-13-27-23-28(36-35-22-10-21-34(6)7)17-19-33(27,5)31(29)18-20-32(26,30)4/h13,24-26,28-31H,8-12,14-23H2,1-7H3/t25-,26+,28?,29+,30?,31+,32-,33+/m1/s1. The van der Waals surface area contributed by atoms with Crippen molar-refractivity contribution in [1.82, 2.24) is 4.90 Å². The van der Waals surface area contributed by atoms with Crippen LogP contribution in [0, 0.1) is 46.3 Å². The van der Waals surface area contributed by atoms with Gasteiger partial charge in [-0.25, -0.2) is 0 Å². The number of nitrogens with zero attached hydrogens (tertiary/aromatic N) is 1. The molecule has 1 nitrogen and oxygen atoms in total. The van der Waals surface area contributed by atoms with Crippen LogP contribution in [0.2, 0.25) is 0 Å². The minimum Gasteiger partial charge on any atom is -0.309 e. The molecule has 0 bridgehead atoms. The van der Waals surface area contributed by atoms with Gasteiger partial charge in [0.2, 0.25) is 0 Å². The first kappa shape index (κ1) is 29.4. The Morgan fingerprint density at radius 1 is 1.03 bits per heavy atom. The summed E-state index contributed by atoms with van der Waals surface area (Å²) in [6, 6.07) is 0. The zero-order valence-corrected chi connectivity index (χ0v) is 26.6. The van der Waals surface area contributed by atoms with E-state index in [0.29, 0.717) is 10.8 Å². The Morgan fingerprint density at radius 2 is 1.83 bits per heavy atom. The molecule has 36 heavy (non-hydrogen) atoms. The molecule has 208 valence electrons. The van der Waals surface area contributed by atoms with Crippen LogP contribution in [-0.2, 0) is 0 Å². The quantitative estimate of drug-likeness (QED) is 0.139. The van der Waals surface area contributed by atoms with Gasteiger partial charge in [0.1, 0.15) is 0 Å². The highest BCUT2D eigenvalue weighted by Crippen LogP contribution is 2.67. The Labute approximate surface area is 233 Å². The first-order chi connectivity index (χ1) is 17.2. The predicted molar refractivity (Wildman–Crippen MR) is 165 cm³/mol. The van der Waals surface area contributed by atoms with Crippen LogP contribution in [0.5, 0.6) is 0 Å². The van der Waals surface area contributed by atoms with Crippen LogP contribution in [-0.4, -0.2) is 36.5 Å².